The number of amides is 1. The number of allylic oxidation sites excluding steroid dienone is 1. The zero-order valence-electron chi connectivity index (χ0n) is 20.3. The quantitative estimate of drug-likeness (QED) is 0.440. The minimum atomic E-state index is -0.515. The second-order valence-electron chi connectivity index (χ2n) is 9.13. The minimum absolute atomic E-state index is 0.0119. The van der Waals surface area contributed by atoms with E-state index in [1.54, 1.807) is 0 Å². The Labute approximate surface area is 222 Å². The van der Waals surface area contributed by atoms with Gasteiger partial charge in [0.1, 0.15) is 0 Å². The number of carbonyl (C=O) groups excluding carboxylic acids is 1. The van der Waals surface area contributed by atoms with Crippen LogP contribution in [0.15, 0.2) is 66.4 Å². The molecule has 6 nitrogen and oxygen atoms in total. The van der Waals surface area contributed by atoms with E-state index in [1.165, 1.54) is 9.13 Å². The van der Waals surface area contributed by atoms with Crippen molar-refractivity contribution in [3.8, 4) is 0 Å². The van der Waals surface area contributed by atoms with Crippen molar-refractivity contribution in [3.05, 3.63) is 81.1 Å². The fourth-order valence-corrected chi connectivity index (χ4v) is 5.29. The van der Waals surface area contributed by atoms with Gasteiger partial charge in [0.05, 0.1) is 0 Å². The van der Waals surface area contributed by atoms with Crippen molar-refractivity contribution in [2.45, 2.75) is 38.5 Å². The molecule has 0 saturated carbocycles. The van der Waals surface area contributed by atoms with E-state index in [4.69, 9.17) is 9.47 Å². The highest BCUT2D eigenvalue weighted by atomic mass is 127. The number of aliphatic hydroxyl groups is 1. The number of aliphatic hydroxyl groups excluding tert-OH is 1. The van der Waals surface area contributed by atoms with Crippen LogP contribution >= 0.6 is 22.6 Å². The fourth-order valence-electron chi connectivity index (χ4n) is 4.93. The van der Waals surface area contributed by atoms with Crippen molar-refractivity contribution in [1.82, 2.24) is 9.80 Å². The van der Waals surface area contributed by atoms with E-state index in [2.05, 4.69) is 76.0 Å². The molecule has 2 aromatic rings. The van der Waals surface area contributed by atoms with Gasteiger partial charge in [-0.25, -0.2) is 0 Å². The lowest BCUT2D eigenvalue weighted by Gasteiger charge is -2.39. The number of ether oxygens (including phenoxy) is 2. The van der Waals surface area contributed by atoms with Crippen molar-refractivity contribution in [1.29, 1.82) is 0 Å². The Morgan fingerprint density at radius 2 is 1.80 bits per heavy atom. The third-order valence-corrected chi connectivity index (χ3v) is 7.50. The highest BCUT2D eigenvalue weighted by Crippen LogP contribution is 2.40. The highest BCUT2D eigenvalue weighted by Gasteiger charge is 2.39. The van der Waals surface area contributed by atoms with E-state index in [0.717, 1.165) is 31.6 Å². The zero-order chi connectivity index (χ0) is 24.6. The number of hydrogen-bond acceptors (Lipinski definition) is 5. The van der Waals surface area contributed by atoms with Gasteiger partial charge in [-0.15, -0.1) is 0 Å². The topological polar surface area (TPSA) is 62.2 Å². The average Bonchev–Trinajstić information content (AvgIpc) is 2.89. The lowest BCUT2D eigenvalue weighted by atomic mass is 9.80. The largest absolute Gasteiger partial charge is 0.459 e. The number of rotatable bonds is 9. The number of carbonyl (C=O) groups is 1. The predicted octanol–water partition coefficient (Wildman–Crippen LogP) is 4.38. The van der Waals surface area contributed by atoms with Crippen LogP contribution in [0.3, 0.4) is 0 Å². The lowest BCUT2D eigenvalue weighted by Crippen LogP contribution is -2.49. The maximum atomic E-state index is 13.5. The molecule has 1 N–H and O–H groups in total. The molecule has 0 aromatic heterocycles. The molecule has 1 fully saturated rings. The molecule has 0 aliphatic carbocycles. The maximum Gasteiger partial charge on any atom is 0.288 e. The molecule has 0 unspecified atom stereocenters. The first-order valence-corrected chi connectivity index (χ1v) is 13.6. The Morgan fingerprint density at radius 3 is 2.46 bits per heavy atom. The molecule has 1 amide bonds. The molecule has 0 spiro atoms. The normalized spacial score (nSPS) is 23.0. The number of halogens is 1. The van der Waals surface area contributed by atoms with Crippen molar-refractivity contribution >= 4 is 28.5 Å². The van der Waals surface area contributed by atoms with Gasteiger partial charge in [-0.3, -0.25) is 9.69 Å². The van der Waals surface area contributed by atoms with Crippen LogP contribution in [-0.2, 0) is 20.8 Å². The van der Waals surface area contributed by atoms with Crippen LogP contribution in [0.2, 0.25) is 0 Å². The lowest BCUT2D eigenvalue weighted by molar-refractivity contribution is -0.171. The molecule has 7 heteroatoms. The standard InChI is InChI=1S/C28H35IN2O4/c1-2-34-28-24(9-6-18-32)25(22-10-12-23(29)13-11-22)19-26(35-28)27(33)31-16-14-30(15-17-31)20-21-7-4-3-5-8-21/h3-5,7-8,10-13,19,24-25,28,32H,2,6,9,14-18,20H2,1H3/t24-,25-,28-/m0/s1. The summed E-state index contributed by atoms with van der Waals surface area (Å²) in [4.78, 5) is 17.8. The van der Waals surface area contributed by atoms with E-state index < -0.39 is 6.29 Å². The zero-order valence-corrected chi connectivity index (χ0v) is 22.5. The monoisotopic (exact) mass is 590 g/mol. The molecule has 2 aromatic carbocycles. The molecule has 188 valence electrons. The van der Waals surface area contributed by atoms with Crippen LogP contribution in [0.25, 0.3) is 0 Å². The summed E-state index contributed by atoms with van der Waals surface area (Å²) in [7, 11) is 0. The molecular formula is C28H35IN2O4. The van der Waals surface area contributed by atoms with Crippen LogP contribution in [-0.4, -0.2) is 66.5 Å². The van der Waals surface area contributed by atoms with Gasteiger partial charge < -0.3 is 19.5 Å². The van der Waals surface area contributed by atoms with E-state index in [0.29, 0.717) is 31.9 Å². The van der Waals surface area contributed by atoms with Gasteiger partial charge in [0, 0.05) is 61.3 Å². The molecular weight excluding hydrogens is 555 g/mol. The summed E-state index contributed by atoms with van der Waals surface area (Å²) in [5.41, 5.74) is 2.43. The van der Waals surface area contributed by atoms with Gasteiger partial charge in [-0.1, -0.05) is 42.5 Å². The first-order chi connectivity index (χ1) is 17.1. The van der Waals surface area contributed by atoms with E-state index in [9.17, 15) is 9.90 Å². The van der Waals surface area contributed by atoms with Crippen LogP contribution < -0.4 is 0 Å². The van der Waals surface area contributed by atoms with Gasteiger partial charge in [0.2, 0.25) is 6.29 Å². The second kappa shape index (κ2) is 12.9. The van der Waals surface area contributed by atoms with Gasteiger partial charge in [0.25, 0.3) is 5.91 Å². The first-order valence-electron chi connectivity index (χ1n) is 12.5. The second-order valence-corrected chi connectivity index (χ2v) is 10.4. The smallest absolute Gasteiger partial charge is 0.288 e. The fraction of sp³-hybridized carbons (Fsp3) is 0.464. The van der Waals surface area contributed by atoms with Crippen LogP contribution in [0.4, 0.5) is 0 Å². The summed E-state index contributed by atoms with van der Waals surface area (Å²) >= 11 is 2.30. The average molecular weight is 591 g/mol. The van der Waals surface area contributed by atoms with Gasteiger partial charge in [-0.2, -0.15) is 0 Å². The van der Waals surface area contributed by atoms with E-state index in [1.807, 2.05) is 24.0 Å². The molecule has 2 aliphatic heterocycles. The Hall–Kier alpha value is -1.94. The molecule has 0 bridgehead atoms. The summed E-state index contributed by atoms with van der Waals surface area (Å²) in [5.74, 6) is 0.331. The Balaban J connectivity index is 1.49. The van der Waals surface area contributed by atoms with Crippen LogP contribution in [0.5, 0.6) is 0 Å². The summed E-state index contributed by atoms with van der Waals surface area (Å²) < 4.78 is 13.4. The van der Waals surface area contributed by atoms with E-state index in [-0.39, 0.29) is 24.3 Å². The van der Waals surface area contributed by atoms with Crippen LogP contribution in [0.1, 0.15) is 36.8 Å². The molecule has 1 saturated heterocycles. The number of benzene rings is 2. The summed E-state index contributed by atoms with van der Waals surface area (Å²) in [6.07, 6.45) is 2.89. The molecule has 35 heavy (non-hydrogen) atoms. The molecule has 3 atom stereocenters. The van der Waals surface area contributed by atoms with Crippen LogP contribution in [0, 0.1) is 9.49 Å². The minimum Gasteiger partial charge on any atom is -0.459 e. The summed E-state index contributed by atoms with van der Waals surface area (Å²) in [5, 5.41) is 9.47. The van der Waals surface area contributed by atoms with Gasteiger partial charge in [-0.05, 0) is 71.7 Å². The maximum absolute atomic E-state index is 13.5. The highest BCUT2D eigenvalue weighted by molar-refractivity contribution is 14.1. The van der Waals surface area contributed by atoms with Crippen molar-refractivity contribution in [2.75, 3.05) is 39.4 Å². The molecule has 2 heterocycles. The molecule has 0 radical (unpaired) electrons. The Morgan fingerprint density at radius 1 is 1.09 bits per heavy atom. The number of hydrogen-bond donors (Lipinski definition) is 1. The third-order valence-electron chi connectivity index (χ3n) is 6.79. The third kappa shape index (κ3) is 6.84. The van der Waals surface area contributed by atoms with Crippen molar-refractivity contribution in [2.24, 2.45) is 5.92 Å². The van der Waals surface area contributed by atoms with Crippen molar-refractivity contribution in [3.63, 3.8) is 0 Å². The summed E-state index contributed by atoms with van der Waals surface area (Å²) in [6, 6.07) is 18.9. The number of nitrogens with zero attached hydrogens (tertiary/aromatic N) is 2. The Kier molecular flexibility index (Phi) is 9.59. The first kappa shape index (κ1) is 26.1. The number of piperazine rings is 1. The van der Waals surface area contributed by atoms with Gasteiger partial charge in [0.15, 0.2) is 5.76 Å². The van der Waals surface area contributed by atoms with Crippen molar-refractivity contribution < 1.29 is 19.4 Å². The molecule has 4 rings (SSSR count). The summed E-state index contributed by atoms with van der Waals surface area (Å²) in [6.45, 7) is 6.48. The molecule has 2 aliphatic rings. The SMILES string of the molecule is CCO[C@H]1OC(C(=O)N2CCN(Cc3ccccc3)CC2)=C[C@@H](c2ccc(I)cc2)[C@@H]1CCCO. The van der Waals surface area contributed by atoms with E-state index >= 15 is 0 Å². The Bertz CT molecular complexity index is 974. The predicted molar refractivity (Wildman–Crippen MR) is 145 cm³/mol. The van der Waals surface area contributed by atoms with Gasteiger partial charge >= 0.3 is 0 Å².